The molecule has 0 aromatic carbocycles. The van der Waals surface area contributed by atoms with E-state index >= 15 is 0 Å². The van der Waals surface area contributed by atoms with Gasteiger partial charge >= 0.3 is 0 Å². The van der Waals surface area contributed by atoms with Gasteiger partial charge in [-0.3, -0.25) is 4.79 Å². The van der Waals surface area contributed by atoms with Crippen molar-refractivity contribution < 1.29 is 9.53 Å². The number of ether oxygens (including phenoxy) is 1. The molecule has 3 nitrogen and oxygen atoms in total. The minimum atomic E-state index is -0.207. The van der Waals surface area contributed by atoms with Crippen LogP contribution in [0.5, 0.6) is 0 Å². The molecule has 1 N–H and O–H groups in total. The first-order valence-electron chi connectivity index (χ1n) is 5.14. The highest BCUT2D eigenvalue weighted by molar-refractivity contribution is 9.09. The molecule has 0 aromatic heterocycles. The first kappa shape index (κ1) is 12.0. The predicted octanol–water partition coefficient (Wildman–Crippen LogP) is 1.70. The third-order valence-electron chi connectivity index (χ3n) is 2.42. The Hall–Kier alpha value is -0.0900. The van der Waals surface area contributed by atoms with Crippen molar-refractivity contribution in [3.05, 3.63) is 0 Å². The van der Waals surface area contributed by atoms with Crippen LogP contribution in [0.3, 0.4) is 0 Å². The van der Waals surface area contributed by atoms with E-state index < -0.39 is 0 Å². The van der Waals surface area contributed by atoms with Gasteiger partial charge in [-0.2, -0.15) is 0 Å². The van der Waals surface area contributed by atoms with Gasteiger partial charge in [-0.1, -0.05) is 29.8 Å². The van der Waals surface area contributed by atoms with E-state index in [1.165, 1.54) is 0 Å². The summed E-state index contributed by atoms with van der Waals surface area (Å²) in [7, 11) is 0. The zero-order valence-corrected chi connectivity index (χ0v) is 10.3. The molecule has 1 fully saturated rings. The van der Waals surface area contributed by atoms with Crippen LogP contribution in [0.2, 0.25) is 0 Å². The van der Waals surface area contributed by atoms with Crippen molar-refractivity contribution >= 4 is 21.8 Å². The lowest BCUT2D eigenvalue weighted by Crippen LogP contribution is -2.38. The topological polar surface area (TPSA) is 38.3 Å². The molecular weight excluding hydrogens is 246 g/mol. The van der Waals surface area contributed by atoms with Crippen molar-refractivity contribution in [2.45, 2.75) is 37.6 Å². The van der Waals surface area contributed by atoms with Gasteiger partial charge in [0.05, 0.1) is 0 Å². The molecule has 2 atom stereocenters. The largest absolute Gasteiger partial charge is 0.368 e. The molecule has 0 saturated carbocycles. The molecule has 1 heterocycles. The van der Waals surface area contributed by atoms with Crippen LogP contribution in [0.15, 0.2) is 0 Å². The number of alkyl halides is 1. The third-order valence-corrected chi connectivity index (χ3v) is 3.80. The number of amides is 1. The molecule has 0 bridgehead atoms. The Balaban J connectivity index is 2.20. The second-order valence-corrected chi connectivity index (χ2v) is 5.18. The predicted molar refractivity (Wildman–Crippen MR) is 59.5 cm³/mol. The fourth-order valence-corrected chi connectivity index (χ4v) is 1.49. The van der Waals surface area contributed by atoms with Crippen LogP contribution in [-0.4, -0.2) is 30.0 Å². The molecule has 1 saturated heterocycles. The summed E-state index contributed by atoms with van der Waals surface area (Å²) in [6, 6.07) is 0. The highest BCUT2D eigenvalue weighted by Crippen LogP contribution is 2.13. The van der Waals surface area contributed by atoms with Crippen molar-refractivity contribution in [2.24, 2.45) is 5.92 Å². The zero-order valence-electron chi connectivity index (χ0n) is 8.75. The number of nitrogens with one attached hydrogen (secondary N) is 1. The van der Waals surface area contributed by atoms with Crippen LogP contribution in [0.25, 0.3) is 0 Å². The van der Waals surface area contributed by atoms with Crippen LogP contribution < -0.4 is 5.32 Å². The number of carbonyl (C=O) groups excluding carboxylic acids is 1. The van der Waals surface area contributed by atoms with Gasteiger partial charge in [-0.05, 0) is 18.8 Å². The maximum absolute atomic E-state index is 11.5. The summed E-state index contributed by atoms with van der Waals surface area (Å²) in [5, 5.41) is 2.89. The Kier molecular flexibility index (Phi) is 4.89. The molecule has 14 heavy (non-hydrogen) atoms. The van der Waals surface area contributed by atoms with Gasteiger partial charge in [0.15, 0.2) is 0 Å². The highest BCUT2D eigenvalue weighted by atomic mass is 79.9. The van der Waals surface area contributed by atoms with Crippen molar-refractivity contribution in [3.8, 4) is 0 Å². The molecule has 1 aliphatic rings. The molecule has 0 radical (unpaired) electrons. The molecule has 82 valence electrons. The smallest absolute Gasteiger partial charge is 0.249 e. The Morgan fingerprint density at radius 1 is 1.64 bits per heavy atom. The maximum Gasteiger partial charge on any atom is 0.249 e. The van der Waals surface area contributed by atoms with Gasteiger partial charge in [0.25, 0.3) is 0 Å². The summed E-state index contributed by atoms with van der Waals surface area (Å²) < 4.78 is 5.28. The van der Waals surface area contributed by atoms with Crippen molar-refractivity contribution in [1.29, 1.82) is 0 Å². The summed E-state index contributed by atoms with van der Waals surface area (Å²) in [6.45, 7) is 5.64. The fourth-order valence-electron chi connectivity index (χ4n) is 1.33. The monoisotopic (exact) mass is 263 g/mol. The van der Waals surface area contributed by atoms with Crippen LogP contribution in [0, 0.1) is 5.92 Å². The number of hydrogen-bond acceptors (Lipinski definition) is 2. The van der Waals surface area contributed by atoms with Crippen LogP contribution in [0.1, 0.15) is 26.7 Å². The second-order valence-electron chi connectivity index (χ2n) is 4.01. The minimum absolute atomic E-state index is 0.0348. The van der Waals surface area contributed by atoms with Gasteiger partial charge in [0.2, 0.25) is 5.91 Å². The first-order valence-corrected chi connectivity index (χ1v) is 6.06. The summed E-state index contributed by atoms with van der Waals surface area (Å²) >= 11 is 3.52. The van der Waals surface area contributed by atoms with E-state index in [1.54, 1.807) is 0 Å². The van der Waals surface area contributed by atoms with Crippen molar-refractivity contribution in [2.75, 3.05) is 13.2 Å². The Morgan fingerprint density at radius 3 is 2.86 bits per heavy atom. The van der Waals surface area contributed by atoms with Crippen molar-refractivity contribution in [1.82, 2.24) is 5.32 Å². The lowest BCUT2D eigenvalue weighted by Gasteiger charge is -2.16. The van der Waals surface area contributed by atoms with Crippen LogP contribution in [-0.2, 0) is 9.53 Å². The van der Waals surface area contributed by atoms with Gasteiger partial charge in [-0.25, -0.2) is 0 Å². The Labute approximate surface area is 93.7 Å². The SMILES string of the molecule is CC(C)C(Br)CNC(=O)C1CCCO1. The normalized spacial score (nSPS) is 23.9. The molecule has 4 heteroatoms. The van der Waals surface area contributed by atoms with Crippen LogP contribution in [0.4, 0.5) is 0 Å². The highest BCUT2D eigenvalue weighted by Gasteiger charge is 2.23. The van der Waals surface area contributed by atoms with E-state index in [2.05, 4.69) is 35.1 Å². The van der Waals surface area contributed by atoms with E-state index in [0.717, 1.165) is 19.4 Å². The summed E-state index contributed by atoms with van der Waals surface area (Å²) in [5.74, 6) is 0.562. The van der Waals surface area contributed by atoms with E-state index in [1.807, 2.05) is 0 Å². The second kappa shape index (κ2) is 5.71. The molecule has 0 aliphatic carbocycles. The van der Waals surface area contributed by atoms with E-state index in [4.69, 9.17) is 4.74 Å². The lowest BCUT2D eigenvalue weighted by molar-refractivity contribution is -0.130. The number of rotatable bonds is 4. The molecule has 0 aromatic rings. The summed E-state index contributed by atoms with van der Waals surface area (Å²) in [4.78, 5) is 11.9. The molecule has 2 unspecified atom stereocenters. The summed E-state index contributed by atoms with van der Waals surface area (Å²) in [5.41, 5.74) is 0. The standard InChI is InChI=1S/C10H18BrNO2/c1-7(2)8(11)6-12-10(13)9-4-3-5-14-9/h7-9H,3-6H2,1-2H3,(H,12,13). The molecule has 1 aliphatic heterocycles. The third kappa shape index (κ3) is 3.58. The minimum Gasteiger partial charge on any atom is -0.368 e. The average Bonchev–Trinajstić information content (AvgIpc) is 2.66. The van der Waals surface area contributed by atoms with E-state index in [-0.39, 0.29) is 12.0 Å². The molecular formula is C10H18BrNO2. The van der Waals surface area contributed by atoms with E-state index in [0.29, 0.717) is 17.3 Å². The van der Waals surface area contributed by atoms with Gasteiger partial charge in [0, 0.05) is 18.0 Å². The Bertz CT molecular complexity index is 191. The quantitative estimate of drug-likeness (QED) is 0.785. The fraction of sp³-hybridized carbons (Fsp3) is 0.900. The van der Waals surface area contributed by atoms with E-state index in [9.17, 15) is 4.79 Å². The number of carbonyl (C=O) groups is 1. The van der Waals surface area contributed by atoms with Gasteiger partial charge < -0.3 is 10.1 Å². The molecule has 0 spiro atoms. The van der Waals surface area contributed by atoms with Crippen molar-refractivity contribution in [3.63, 3.8) is 0 Å². The summed E-state index contributed by atoms with van der Waals surface area (Å²) in [6.07, 6.45) is 1.65. The Morgan fingerprint density at radius 2 is 2.36 bits per heavy atom. The average molecular weight is 264 g/mol. The first-order chi connectivity index (χ1) is 6.61. The number of hydrogen-bond donors (Lipinski definition) is 1. The lowest BCUT2D eigenvalue weighted by atomic mass is 10.1. The van der Waals surface area contributed by atoms with Gasteiger partial charge in [-0.15, -0.1) is 0 Å². The molecule has 1 rings (SSSR count). The zero-order chi connectivity index (χ0) is 10.6. The number of halogens is 1. The van der Waals surface area contributed by atoms with Gasteiger partial charge in [0.1, 0.15) is 6.10 Å². The van der Waals surface area contributed by atoms with Crippen LogP contribution >= 0.6 is 15.9 Å². The maximum atomic E-state index is 11.5. The molecule has 1 amide bonds.